The molecule has 0 heterocycles. The van der Waals surface area contributed by atoms with Crippen molar-refractivity contribution in [2.45, 2.75) is 36.8 Å². The van der Waals surface area contributed by atoms with Crippen LogP contribution in [0.3, 0.4) is 0 Å². The van der Waals surface area contributed by atoms with Crippen molar-refractivity contribution in [3.63, 3.8) is 0 Å². The first-order chi connectivity index (χ1) is 9.66. The van der Waals surface area contributed by atoms with Crippen LogP contribution < -0.4 is 18.9 Å². The number of halogens is 3. The number of hydrogen-bond acceptors (Lipinski definition) is 4. The molecule has 0 fully saturated rings. The SMILES string of the molecule is CCC(C)c1ccc(S(=O)(=O)N=S(=O)(OF)C(F)F)cc1.[Li+]. The van der Waals surface area contributed by atoms with Gasteiger partial charge >= 0.3 is 24.6 Å². The summed E-state index contributed by atoms with van der Waals surface area (Å²) in [6.45, 7) is 3.87. The maximum absolute atomic E-state index is 12.3. The van der Waals surface area contributed by atoms with Crippen molar-refractivity contribution >= 4 is 20.0 Å². The van der Waals surface area contributed by atoms with Crippen molar-refractivity contribution in [1.82, 2.24) is 0 Å². The van der Waals surface area contributed by atoms with Crippen molar-refractivity contribution < 1.29 is 49.2 Å². The predicted octanol–water partition coefficient (Wildman–Crippen LogP) is 0.399. The Bertz CT molecular complexity index is 701. The molecular formula is C11H14F3LiNO4S2+. The van der Waals surface area contributed by atoms with Gasteiger partial charge in [0, 0.05) is 0 Å². The minimum absolute atomic E-state index is 0. The van der Waals surface area contributed by atoms with Gasteiger partial charge in [-0.25, -0.2) is 4.21 Å². The van der Waals surface area contributed by atoms with Crippen LogP contribution in [0.4, 0.5) is 13.3 Å². The summed E-state index contributed by atoms with van der Waals surface area (Å²) >= 11 is 0. The van der Waals surface area contributed by atoms with E-state index in [2.05, 4.69) is 8.16 Å². The topological polar surface area (TPSA) is 72.8 Å². The minimum atomic E-state index is -5.24. The molecule has 22 heavy (non-hydrogen) atoms. The first-order valence-electron chi connectivity index (χ1n) is 5.87. The summed E-state index contributed by atoms with van der Waals surface area (Å²) in [7, 11) is -9.96. The van der Waals surface area contributed by atoms with Crippen molar-refractivity contribution in [1.29, 1.82) is 0 Å². The Balaban J connectivity index is 0.00000441. The predicted molar refractivity (Wildman–Crippen MR) is 71.1 cm³/mol. The number of sulfonamides is 1. The van der Waals surface area contributed by atoms with E-state index in [1.807, 2.05) is 13.8 Å². The summed E-state index contributed by atoms with van der Waals surface area (Å²) in [5, 5.41) is 0. The number of nitrogens with zero attached hydrogens (tertiary/aromatic N) is 1. The van der Waals surface area contributed by atoms with E-state index in [9.17, 15) is 25.9 Å². The fourth-order valence-corrected chi connectivity index (χ4v) is 3.78. The summed E-state index contributed by atoms with van der Waals surface area (Å²) in [5.74, 6) is -3.71. The molecule has 0 N–H and O–H groups in total. The number of rotatable bonds is 6. The van der Waals surface area contributed by atoms with Gasteiger partial charge in [-0.1, -0.05) is 34.1 Å². The third-order valence-corrected chi connectivity index (χ3v) is 5.99. The van der Waals surface area contributed by atoms with Gasteiger partial charge in [-0.2, -0.15) is 17.2 Å². The van der Waals surface area contributed by atoms with Gasteiger partial charge in [0.1, 0.15) is 0 Å². The third kappa shape index (κ3) is 4.99. The van der Waals surface area contributed by atoms with E-state index < -0.39 is 30.7 Å². The molecule has 1 rings (SSSR count). The molecule has 0 amide bonds. The molecule has 1 aromatic carbocycles. The van der Waals surface area contributed by atoms with Crippen LogP contribution in [0.5, 0.6) is 0 Å². The van der Waals surface area contributed by atoms with E-state index in [1.165, 1.54) is 12.1 Å². The zero-order chi connectivity index (χ0) is 16.3. The van der Waals surface area contributed by atoms with Crippen LogP contribution >= 0.6 is 0 Å². The van der Waals surface area contributed by atoms with Crippen molar-refractivity contribution in [3.8, 4) is 0 Å². The fourth-order valence-electron chi connectivity index (χ4n) is 1.46. The Kier molecular flexibility index (Phi) is 8.15. The van der Waals surface area contributed by atoms with E-state index in [-0.39, 0.29) is 24.8 Å². The molecule has 1 aromatic rings. The summed E-state index contributed by atoms with van der Waals surface area (Å²) in [6.07, 6.45) is 0.825. The average Bonchev–Trinajstić information content (AvgIpc) is 2.45. The normalized spacial score (nSPS) is 15.7. The van der Waals surface area contributed by atoms with Gasteiger partial charge in [0.05, 0.1) is 4.90 Å². The van der Waals surface area contributed by atoms with E-state index in [4.69, 9.17) is 0 Å². The summed E-state index contributed by atoms with van der Waals surface area (Å²) in [4.78, 5) is -0.472. The van der Waals surface area contributed by atoms with Crippen molar-refractivity contribution in [2.75, 3.05) is 0 Å². The van der Waals surface area contributed by atoms with Gasteiger partial charge < -0.3 is 0 Å². The Morgan fingerprint density at radius 3 is 2.05 bits per heavy atom. The maximum Gasteiger partial charge on any atom is 1.00 e. The van der Waals surface area contributed by atoms with Crippen LogP contribution in [-0.4, -0.2) is 18.4 Å². The van der Waals surface area contributed by atoms with Gasteiger partial charge in [-0.3, -0.25) is 0 Å². The van der Waals surface area contributed by atoms with Crippen LogP contribution in [0.1, 0.15) is 31.7 Å². The second-order valence-corrected chi connectivity index (χ2v) is 7.80. The standard InChI is InChI=1S/C11H14F3NO4S2.Li/c1-3-8(2)9-4-6-10(7-5-9)20(16,17)15-21(18,19-14)11(12)13;/h4-8,11H,3H2,1-2H3;/q;+1. The number of benzene rings is 1. The van der Waals surface area contributed by atoms with Gasteiger partial charge in [0.2, 0.25) is 0 Å². The second-order valence-electron chi connectivity index (χ2n) is 4.27. The molecule has 0 aliphatic rings. The maximum atomic E-state index is 12.3. The van der Waals surface area contributed by atoms with Crippen molar-refractivity contribution in [3.05, 3.63) is 29.8 Å². The number of hydrogen-bond donors (Lipinski definition) is 0. The summed E-state index contributed by atoms with van der Waals surface area (Å²) in [6, 6.07) is 5.22. The fraction of sp³-hybridized carbons (Fsp3) is 0.455. The molecule has 120 valence electrons. The molecule has 0 saturated carbocycles. The molecule has 0 radical (unpaired) electrons. The molecular weight excluding hydrogens is 338 g/mol. The molecule has 0 aromatic heterocycles. The minimum Gasteiger partial charge on any atom is -0.211 e. The van der Waals surface area contributed by atoms with E-state index in [0.717, 1.165) is 24.1 Å². The largest absolute Gasteiger partial charge is 1.00 e. The second kappa shape index (κ2) is 8.36. The Hall–Kier alpha value is -0.533. The molecule has 11 heteroatoms. The van der Waals surface area contributed by atoms with Crippen LogP contribution in [0.2, 0.25) is 0 Å². The Morgan fingerprint density at radius 1 is 1.18 bits per heavy atom. The molecule has 0 saturated heterocycles. The molecule has 0 spiro atoms. The summed E-state index contributed by atoms with van der Waals surface area (Å²) in [5.41, 5.74) is 0.841. The van der Waals surface area contributed by atoms with E-state index >= 15 is 0 Å². The smallest absolute Gasteiger partial charge is 0.211 e. The van der Waals surface area contributed by atoms with Crippen molar-refractivity contribution in [2.24, 2.45) is 3.77 Å². The Morgan fingerprint density at radius 2 is 1.68 bits per heavy atom. The van der Waals surface area contributed by atoms with Crippen LogP contribution in [0.25, 0.3) is 0 Å². The first kappa shape index (κ1) is 21.5. The first-order valence-corrected chi connectivity index (χ1v) is 8.81. The Labute approximate surface area is 139 Å². The van der Waals surface area contributed by atoms with Crippen LogP contribution in [0, 0.1) is 0 Å². The molecule has 2 atom stereocenters. The summed E-state index contributed by atoms with van der Waals surface area (Å²) < 4.78 is 76.2. The van der Waals surface area contributed by atoms with Gasteiger partial charge in [0.25, 0.3) is 20.0 Å². The third-order valence-electron chi connectivity index (χ3n) is 2.88. The molecule has 0 bridgehead atoms. The van der Waals surface area contributed by atoms with Gasteiger partial charge in [-0.05, 0) is 34.6 Å². The van der Waals surface area contributed by atoms with Crippen LogP contribution in [-0.2, 0) is 24.4 Å². The quantitative estimate of drug-likeness (QED) is 0.695. The molecule has 2 unspecified atom stereocenters. The van der Waals surface area contributed by atoms with Gasteiger partial charge in [0.15, 0.2) is 0 Å². The zero-order valence-electron chi connectivity index (χ0n) is 12.2. The van der Waals surface area contributed by atoms with E-state index in [0.29, 0.717) is 0 Å². The zero-order valence-corrected chi connectivity index (χ0v) is 13.8. The number of alkyl halides is 2. The molecule has 0 aliphatic heterocycles. The van der Waals surface area contributed by atoms with Crippen LogP contribution in [0.15, 0.2) is 32.9 Å². The van der Waals surface area contributed by atoms with E-state index in [1.54, 1.807) is 0 Å². The van der Waals surface area contributed by atoms with Gasteiger partial charge in [-0.15, -0.1) is 0 Å². The molecule has 5 nitrogen and oxygen atoms in total. The molecule has 0 aliphatic carbocycles. The monoisotopic (exact) mass is 352 g/mol. The average molecular weight is 352 g/mol.